The molecule has 10 nitrogen and oxygen atoms in total. The number of ether oxygens (including phenoxy) is 6. The Morgan fingerprint density at radius 2 is 1.58 bits per heavy atom. The summed E-state index contributed by atoms with van der Waals surface area (Å²) in [6, 6.07) is 1.67. The fraction of sp³-hybridized carbons (Fsp3) is 0.304. The Balaban J connectivity index is 2.07. The first-order chi connectivity index (χ1) is 15.5. The molecule has 10 heteroatoms. The van der Waals surface area contributed by atoms with Crippen LogP contribution in [-0.4, -0.2) is 31.0 Å². The van der Waals surface area contributed by atoms with Crippen molar-refractivity contribution in [2.24, 2.45) is 0 Å². The monoisotopic (exact) mass is 456 g/mol. The van der Waals surface area contributed by atoms with Crippen molar-refractivity contribution in [1.29, 1.82) is 0 Å². The summed E-state index contributed by atoms with van der Waals surface area (Å²) in [5.74, 6) is -2.79. The van der Waals surface area contributed by atoms with Crippen LogP contribution in [-0.2, 0) is 19.1 Å². The Morgan fingerprint density at radius 3 is 2.18 bits per heavy atom. The minimum absolute atomic E-state index is 0.0347. The molecular weight excluding hydrogens is 436 g/mol. The van der Waals surface area contributed by atoms with E-state index in [9.17, 15) is 19.2 Å². The van der Waals surface area contributed by atoms with E-state index >= 15 is 0 Å². The fourth-order valence-electron chi connectivity index (χ4n) is 3.89. The largest absolute Gasteiger partial charge is 0.496 e. The van der Waals surface area contributed by atoms with Crippen LogP contribution < -0.4 is 18.9 Å². The number of fused-ring (bicyclic) bond motifs is 4. The normalized spacial score (nSPS) is 15.8. The van der Waals surface area contributed by atoms with Crippen LogP contribution in [0.3, 0.4) is 0 Å². The van der Waals surface area contributed by atoms with Gasteiger partial charge in [-0.25, -0.2) is 9.59 Å². The van der Waals surface area contributed by atoms with Crippen LogP contribution in [0.4, 0.5) is 0 Å². The first-order valence-corrected chi connectivity index (χ1v) is 9.90. The highest BCUT2D eigenvalue weighted by Crippen LogP contribution is 2.54. The van der Waals surface area contributed by atoms with Crippen molar-refractivity contribution in [2.45, 2.75) is 40.9 Å². The molecule has 2 aliphatic heterocycles. The summed E-state index contributed by atoms with van der Waals surface area (Å²) in [5.41, 5.74) is 1.15. The number of methoxy groups -OCH3 is 1. The highest BCUT2D eigenvalue weighted by atomic mass is 16.7. The molecule has 2 heterocycles. The number of aryl methyl sites for hydroxylation is 1. The van der Waals surface area contributed by atoms with Crippen LogP contribution in [0.1, 0.15) is 63.1 Å². The lowest BCUT2D eigenvalue weighted by molar-refractivity contribution is -0.165. The Labute approximate surface area is 188 Å². The maximum Gasteiger partial charge on any atom is 0.347 e. The van der Waals surface area contributed by atoms with Crippen molar-refractivity contribution in [2.75, 3.05) is 7.11 Å². The molecule has 0 bridgehead atoms. The third-order valence-electron chi connectivity index (χ3n) is 5.30. The maximum atomic E-state index is 13.1. The van der Waals surface area contributed by atoms with E-state index in [-0.39, 0.29) is 45.3 Å². The predicted molar refractivity (Wildman–Crippen MR) is 110 cm³/mol. The molecule has 0 aliphatic carbocycles. The van der Waals surface area contributed by atoms with Crippen molar-refractivity contribution in [3.63, 3.8) is 0 Å². The van der Waals surface area contributed by atoms with Gasteiger partial charge in [0.05, 0.1) is 12.7 Å². The lowest BCUT2D eigenvalue weighted by Gasteiger charge is -2.19. The second-order valence-electron chi connectivity index (χ2n) is 7.56. The molecule has 0 amide bonds. The molecule has 0 spiro atoms. The van der Waals surface area contributed by atoms with Gasteiger partial charge in [0.1, 0.15) is 22.6 Å². The summed E-state index contributed by atoms with van der Waals surface area (Å²) >= 11 is 0. The molecule has 0 saturated heterocycles. The molecule has 2 aromatic carbocycles. The number of esters is 4. The Kier molecular flexibility index (Phi) is 5.23. The lowest BCUT2D eigenvalue weighted by atomic mass is 10.0. The van der Waals surface area contributed by atoms with Gasteiger partial charge < -0.3 is 28.4 Å². The average molecular weight is 456 g/mol. The van der Waals surface area contributed by atoms with E-state index in [0.29, 0.717) is 16.9 Å². The molecule has 2 aromatic rings. The van der Waals surface area contributed by atoms with Gasteiger partial charge in [-0.2, -0.15) is 0 Å². The van der Waals surface area contributed by atoms with Gasteiger partial charge in [-0.3, -0.25) is 9.59 Å². The van der Waals surface area contributed by atoms with Gasteiger partial charge >= 0.3 is 23.9 Å². The molecule has 4 rings (SSSR count). The highest BCUT2D eigenvalue weighted by molar-refractivity contribution is 6.03. The predicted octanol–water partition coefficient (Wildman–Crippen LogP) is 3.60. The number of cyclic esters (lactones) is 1. The van der Waals surface area contributed by atoms with Crippen LogP contribution in [0.15, 0.2) is 6.07 Å². The smallest absolute Gasteiger partial charge is 0.347 e. The van der Waals surface area contributed by atoms with Crippen LogP contribution in [0, 0.1) is 20.8 Å². The molecule has 33 heavy (non-hydrogen) atoms. The van der Waals surface area contributed by atoms with Gasteiger partial charge in [-0.05, 0) is 32.4 Å². The molecule has 1 atom stereocenters. The van der Waals surface area contributed by atoms with Gasteiger partial charge in [0.2, 0.25) is 0 Å². The second kappa shape index (κ2) is 7.80. The van der Waals surface area contributed by atoms with Crippen molar-refractivity contribution in [3.8, 4) is 28.7 Å². The van der Waals surface area contributed by atoms with Gasteiger partial charge in [0.25, 0.3) is 6.29 Å². The minimum Gasteiger partial charge on any atom is -0.496 e. The van der Waals surface area contributed by atoms with Crippen LogP contribution in [0.2, 0.25) is 0 Å². The molecule has 0 N–H and O–H groups in total. The number of rotatable bonds is 3. The van der Waals surface area contributed by atoms with Gasteiger partial charge in [-0.15, -0.1) is 0 Å². The lowest BCUT2D eigenvalue weighted by Crippen LogP contribution is -2.13. The van der Waals surface area contributed by atoms with Gasteiger partial charge in [-0.1, -0.05) is 0 Å². The van der Waals surface area contributed by atoms with E-state index < -0.39 is 30.2 Å². The Bertz CT molecular complexity index is 1260. The average Bonchev–Trinajstić information content (AvgIpc) is 2.94. The van der Waals surface area contributed by atoms with Crippen molar-refractivity contribution >= 4 is 23.9 Å². The number of carbonyl (C=O) groups is 4. The van der Waals surface area contributed by atoms with Crippen molar-refractivity contribution in [1.82, 2.24) is 0 Å². The van der Waals surface area contributed by atoms with E-state index in [1.807, 2.05) is 0 Å². The Morgan fingerprint density at radius 1 is 0.879 bits per heavy atom. The van der Waals surface area contributed by atoms with Crippen LogP contribution in [0.25, 0.3) is 0 Å². The number of carbonyl (C=O) groups excluding carboxylic acids is 4. The summed E-state index contributed by atoms with van der Waals surface area (Å²) in [6.07, 6.45) is -1.50. The SMILES string of the molecule is COc1cc(C)c2c(c1C)Oc1c(c(C)c(OC(C)=O)c3c1[C@@H](OC(C)=O)OC3=O)OC2=O. The summed E-state index contributed by atoms with van der Waals surface area (Å²) in [6.45, 7) is 7.17. The van der Waals surface area contributed by atoms with E-state index in [0.717, 1.165) is 13.8 Å². The zero-order chi connectivity index (χ0) is 24.2. The third kappa shape index (κ3) is 3.43. The first-order valence-electron chi connectivity index (χ1n) is 9.90. The topological polar surface area (TPSA) is 124 Å². The Hall–Kier alpha value is -4.08. The molecule has 0 aromatic heterocycles. The second-order valence-corrected chi connectivity index (χ2v) is 7.56. The van der Waals surface area contributed by atoms with E-state index in [1.165, 1.54) is 14.0 Å². The standard InChI is InChI=1S/C23H20O10/c1-8-7-13(28-6)9(2)17-14(8)21(26)32-19-10(3)18(29-11(4)24)15-16(20(19)31-17)23(30-12(5)25)33-22(15)27/h7,23H,1-6H3/t23-/m0/s1. The van der Waals surface area contributed by atoms with E-state index in [4.69, 9.17) is 28.4 Å². The summed E-state index contributed by atoms with van der Waals surface area (Å²) in [5, 5.41) is 0. The molecule has 172 valence electrons. The van der Waals surface area contributed by atoms with Crippen molar-refractivity contribution in [3.05, 3.63) is 39.4 Å². The van der Waals surface area contributed by atoms with Crippen molar-refractivity contribution < 1.29 is 47.6 Å². The fourth-order valence-corrected chi connectivity index (χ4v) is 3.89. The molecule has 2 aliphatic rings. The molecule has 0 fully saturated rings. The summed E-state index contributed by atoms with van der Waals surface area (Å²) in [7, 11) is 1.48. The summed E-state index contributed by atoms with van der Waals surface area (Å²) in [4.78, 5) is 49.3. The quantitative estimate of drug-likeness (QED) is 0.500. The van der Waals surface area contributed by atoms with E-state index in [1.54, 1.807) is 19.9 Å². The third-order valence-corrected chi connectivity index (χ3v) is 5.30. The maximum absolute atomic E-state index is 13.1. The minimum atomic E-state index is -1.50. The zero-order valence-corrected chi connectivity index (χ0v) is 18.7. The van der Waals surface area contributed by atoms with Gasteiger partial charge in [0, 0.05) is 25.0 Å². The summed E-state index contributed by atoms with van der Waals surface area (Å²) < 4.78 is 32.9. The molecular formula is C23H20O10. The number of hydrogen-bond acceptors (Lipinski definition) is 10. The molecule has 0 saturated carbocycles. The molecule has 0 unspecified atom stereocenters. The highest BCUT2D eigenvalue weighted by Gasteiger charge is 2.45. The number of benzene rings is 2. The zero-order valence-electron chi connectivity index (χ0n) is 18.7. The van der Waals surface area contributed by atoms with Gasteiger partial charge in [0.15, 0.2) is 17.2 Å². The first kappa shape index (κ1) is 22.1. The van der Waals surface area contributed by atoms with E-state index in [2.05, 4.69) is 0 Å². The van der Waals surface area contributed by atoms with Crippen LogP contribution in [0.5, 0.6) is 28.7 Å². The van der Waals surface area contributed by atoms with Crippen LogP contribution >= 0.6 is 0 Å². The number of hydrogen-bond donors (Lipinski definition) is 0. The molecule has 0 radical (unpaired) electrons.